The minimum atomic E-state index is -0.989. The smallest absolute Gasteiger partial charge is 0.335 e. The molecule has 0 radical (unpaired) electrons. The predicted octanol–water partition coefficient (Wildman–Crippen LogP) is 1.94. The number of hydrogen-bond donors (Lipinski definition) is 1. The van der Waals surface area contributed by atoms with Gasteiger partial charge in [0.15, 0.2) is 0 Å². The molecule has 0 saturated carbocycles. The molecule has 0 amide bonds. The summed E-state index contributed by atoms with van der Waals surface area (Å²) in [5, 5.41) is 8.69. The summed E-state index contributed by atoms with van der Waals surface area (Å²) in [4.78, 5) is 21.5. The molecule has 18 heavy (non-hydrogen) atoms. The van der Waals surface area contributed by atoms with Crippen LogP contribution in [0.2, 0.25) is 0 Å². The number of carbonyl (C=O) groups is 2. The van der Waals surface area contributed by atoms with Gasteiger partial charge in [-0.25, -0.2) is 4.79 Å². The summed E-state index contributed by atoms with van der Waals surface area (Å²) < 4.78 is 10.1. The third-order valence-corrected chi connectivity index (χ3v) is 2.20. The van der Waals surface area contributed by atoms with Gasteiger partial charge in [-0.3, -0.25) is 4.79 Å². The molecule has 1 aromatic carbocycles. The molecular weight excluding hydrogens is 260 g/mol. The summed E-state index contributed by atoms with van der Waals surface area (Å²) in [6.07, 6.45) is 0.175. The molecule has 0 bridgehead atoms. The lowest BCUT2D eigenvalue weighted by Crippen LogP contribution is -2.12. The number of aromatic carboxylic acids is 1. The fourth-order valence-corrected chi connectivity index (χ4v) is 1.31. The van der Waals surface area contributed by atoms with Gasteiger partial charge in [0.25, 0.3) is 0 Å². The Hall–Kier alpha value is -1.75. The molecule has 98 valence electrons. The van der Waals surface area contributed by atoms with Crippen LogP contribution in [-0.2, 0) is 9.53 Å². The van der Waals surface area contributed by atoms with Crippen molar-refractivity contribution in [1.82, 2.24) is 0 Å². The molecule has 6 heteroatoms. The highest BCUT2D eigenvalue weighted by atomic mass is 35.5. The third-order valence-electron chi connectivity index (χ3n) is 2.01. The van der Waals surface area contributed by atoms with Crippen LogP contribution in [-0.4, -0.2) is 36.1 Å². The van der Waals surface area contributed by atoms with Crippen molar-refractivity contribution in [2.24, 2.45) is 0 Å². The molecule has 0 aliphatic carbocycles. The Labute approximate surface area is 109 Å². The third kappa shape index (κ3) is 5.05. The standard InChI is InChI=1S/C12H13ClO5/c13-6-5-11(14)18-8-7-17-10-3-1-9(2-4-10)12(15)16/h1-4H,5-8H2,(H,15,16). The van der Waals surface area contributed by atoms with E-state index in [1.807, 2.05) is 0 Å². The van der Waals surface area contributed by atoms with E-state index in [1.54, 1.807) is 12.1 Å². The summed E-state index contributed by atoms with van der Waals surface area (Å²) in [6, 6.07) is 5.97. The molecule has 0 unspecified atom stereocenters. The first kappa shape index (κ1) is 14.3. The molecule has 0 saturated heterocycles. The number of alkyl halides is 1. The lowest BCUT2D eigenvalue weighted by molar-refractivity contribution is -0.143. The lowest BCUT2D eigenvalue weighted by atomic mass is 10.2. The van der Waals surface area contributed by atoms with Gasteiger partial charge in [0.1, 0.15) is 19.0 Å². The average Bonchev–Trinajstić information content (AvgIpc) is 2.35. The zero-order chi connectivity index (χ0) is 13.4. The van der Waals surface area contributed by atoms with Crippen LogP contribution < -0.4 is 4.74 Å². The maximum absolute atomic E-state index is 10.9. The maximum Gasteiger partial charge on any atom is 0.335 e. The number of benzene rings is 1. The van der Waals surface area contributed by atoms with E-state index in [9.17, 15) is 9.59 Å². The minimum Gasteiger partial charge on any atom is -0.490 e. The fraction of sp³-hybridized carbons (Fsp3) is 0.333. The number of rotatable bonds is 7. The van der Waals surface area contributed by atoms with Gasteiger partial charge in [0.2, 0.25) is 0 Å². The Morgan fingerprint density at radius 2 is 1.83 bits per heavy atom. The first-order chi connectivity index (χ1) is 8.63. The second-order valence-electron chi connectivity index (χ2n) is 3.34. The van der Waals surface area contributed by atoms with E-state index in [1.165, 1.54) is 12.1 Å². The number of carboxylic acid groups (broad SMARTS) is 1. The summed E-state index contributed by atoms with van der Waals surface area (Å²) in [5.41, 5.74) is 0.191. The van der Waals surface area contributed by atoms with Gasteiger partial charge in [-0.05, 0) is 24.3 Å². The molecule has 1 N–H and O–H groups in total. The highest BCUT2D eigenvalue weighted by molar-refractivity contribution is 6.18. The number of ether oxygens (including phenoxy) is 2. The summed E-state index contributed by atoms with van der Waals surface area (Å²) in [5.74, 6) is -0.601. The van der Waals surface area contributed by atoms with E-state index in [0.717, 1.165) is 0 Å². The minimum absolute atomic E-state index is 0.135. The van der Waals surface area contributed by atoms with Gasteiger partial charge >= 0.3 is 11.9 Å². The van der Waals surface area contributed by atoms with Crippen LogP contribution >= 0.6 is 11.6 Å². The molecule has 5 nitrogen and oxygen atoms in total. The van der Waals surface area contributed by atoms with Crippen molar-refractivity contribution >= 4 is 23.5 Å². The van der Waals surface area contributed by atoms with Crippen LogP contribution in [0.25, 0.3) is 0 Å². The number of carboxylic acids is 1. The van der Waals surface area contributed by atoms with Crippen LogP contribution in [0.5, 0.6) is 5.75 Å². The molecule has 0 aliphatic heterocycles. The highest BCUT2D eigenvalue weighted by Crippen LogP contribution is 2.11. The first-order valence-electron chi connectivity index (χ1n) is 5.31. The zero-order valence-electron chi connectivity index (χ0n) is 9.60. The van der Waals surface area contributed by atoms with Crippen molar-refractivity contribution in [3.63, 3.8) is 0 Å². The molecule has 0 aromatic heterocycles. The quantitative estimate of drug-likeness (QED) is 0.466. The van der Waals surface area contributed by atoms with Gasteiger partial charge in [-0.15, -0.1) is 11.6 Å². The second kappa shape index (κ2) is 7.55. The van der Waals surface area contributed by atoms with Gasteiger partial charge in [0.05, 0.1) is 12.0 Å². The topological polar surface area (TPSA) is 72.8 Å². The maximum atomic E-state index is 10.9. The van der Waals surface area contributed by atoms with E-state index in [4.69, 9.17) is 26.2 Å². The van der Waals surface area contributed by atoms with Crippen molar-refractivity contribution in [3.8, 4) is 5.75 Å². The molecular formula is C12H13ClO5. The Balaban J connectivity index is 2.27. The Kier molecular flexibility index (Phi) is 6.00. The Bertz CT molecular complexity index is 401. The largest absolute Gasteiger partial charge is 0.490 e. The van der Waals surface area contributed by atoms with Crippen molar-refractivity contribution < 1.29 is 24.2 Å². The second-order valence-corrected chi connectivity index (χ2v) is 3.72. The summed E-state index contributed by atoms with van der Waals surface area (Å²) >= 11 is 5.37. The zero-order valence-corrected chi connectivity index (χ0v) is 10.4. The molecule has 0 heterocycles. The van der Waals surface area contributed by atoms with E-state index >= 15 is 0 Å². The Morgan fingerprint density at radius 1 is 1.17 bits per heavy atom. The van der Waals surface area contributed by atoms with Crippen LogP contribution in [0.3, 0.4) is 0 Å². The number of esters is 1. The van der Waals surface area contributed by atoms with Crippen molar-refractivity contribution in [2.75, 3.05) is 19.1 Å². The van der Waals surface area contributed by atoms with Crippen LogP contribution in [0.15, 0.2) is 24.3 Å². The monoisotopic (exact) mass is 272 g/mol. The molecule has 0 aliphatic rings. The van der Waals surface area contributed by atoms with E-state index in [-0.39, 0.29) is 37.0 Å². The normalized spacial score (nSPS) is 9.83. The lowest BCUT2D eigenvalue weighted by Gasteiger charge is -2.07. The van der Waals surface area contributed by atoms with Crippen molar-refractivity contribution in [2.45, 2.75) is 6.42 Å². The number of hydrogen-bond acceptors (Lipinski definition) is 4. The number of halogens is 1. The van der Waals surface area contributed by atoms with Gasteiger partial charge in [-0.2, -0.15) is 0 Å². The van der Waals surface area contributed by atoms with E-state index in [0.29, 0.717) is 5.75 Å². The SMILES string of the molecule is O=C(CCCl)OCCOc1ccc(C(=O)O)cc1. The highest BCUT2D eigenvalue weighted by Gasteiger charge is 2.03. The number of carbonyl (C=O) groups excluding carboxylic acids is 1. The van der Waals surface area contributed by atoms with E-state index < -0.39 is 5.97 Å². The molecule has 1 rings (SSSR count). The van der Waals surface area contributed by atoms with Gasteiger partial charge in [-0.1, -0.05) is 0 Å². The molecule has 0 fully saturated rings. The molecule has 1 aromatic rings. The van der Waals surface area contributed by atoms with Crippen molar-refractivity contribution in [3.05, 3.63) is 29.8 Å². The predicted molar refractivity (Wildman–Crippen MR) is 65.2 cm³/mol. The molecule has 0 atom stereocenters. The first-order valence-corrected chi connectivity index (χ1v) is 5.84. The van der Waals surface area contributed by atoms with Gasteiger partial charge in [0, 0.05) is 5.88 Å². The fourth-order valence-electron chi connectivity index (χ4n) is 1.16. The summed E-state index contributed by atoms with van der Waals surface area (Å²) in [7, 11) is 0. The Morgan fingerprint density at radius 3 is 2.39 bits per heavy atom. The van der Waals surface area contributed by atoms with Crippen LogP contribution in [0, 0.1) is 0 Å². The summed E-state index contributed by atoms with van der Waals surface area (Å²) in [6.45, 7) is 0.344. The van der Waals surface area contributed by atoms with Crippen LogP contribution in [0.1, 0.15) is 16.8 Å². The average molecular weight is 273 g/mol. The van der Waals surface area contributed by atoms with Crippen LogP contribution in [0.4, 0.5) is 0 Å². The van der Waals surface area contributed by atoms with Crippen molar-refractivity contribution in [1.29, 1.82) is 0 Å². The molecule has 0 spiro atoms. The van der Waals surface area contributed by atoms with Gasteiger partial charge < -0.3 is 14.6 Å². The van der Waals surface area contributed by atoms with E-state index in [2.05, 4.69) is 0 Å².